The lowest BCUT2D eigenvalue weighted by molar-refractivity contribution is 0.122. The quantitative estimate of drug-likeness (QED) is 0.916. The van der Waals surface area contributed by atoms with E-state index >= 15 is 0 Å². The topological polar surface area (TPSA) is 54.2 Å². The number of aromatic nitrogens is 3. The zero-order valence-electron chi connectivity index (χ0n) is 11.9. The minimum atomic E-state index is -0.549. The third kappa shape index (κ3) is 3.56. The minimum Gasteiger partial charge on any atom is -0.387 e. The van der Waals surface area contributed by atoms with Gasteiger partial charge >= 0.3 is 0 Å². The summed E-state index contributed by atoms with van der Waals surface area (Å²) in [4.78, 5) is 2.02. The molecule has 0 aliphatic rings. The van der Waals surface area contributed by atoms with Gasteiger partial charge in [0.1, 0.15) is 11.6 Å². The maximum absolute atomic E-state index is 10.2. The molecule has 0 fully saturated rings. The Morgan fingerprint density at radius 2 is 1.95 bits per heavy atom. The van der Waals surface area contributed by atoms with Crippen molar-refractivity contribution in [3.63, 3.8) is 0 Å². The summed E-state index contributed by atoms with van der Waals surface area (Å²) >= 11 is 5.84. The van der Waals surface area contributed by atoms with Gasteiger partial charge in [-0.3, -0.25) is 4.90 Å². The van der Waals surface area contributed by atoms with E-state index in [1.165, 1.54) is 0 Å². The molecule has 108 valence electrons. The second-order valence-electron chi connectivity index (χ2n) is 4.99. The Morgan fingerprint density at radius 3 is 2.50 bits per heavy atom. The van der Waals surface area contributed by atoms with Crippen LogP contribution in [0.5, 0.6) is 0 Å². The Labute approximate surface area is 123 Å². The van der Waals surface area contributed by atoms with Gasteiger partial charge in [-0.2, -0.15) is 0 Å². The fourth-order valence-electron chi connectivity index (χ4n) is 1.98. The van der Waals surface area contributed by atoms with Crippen LogP contribution in [0.4, 0.5) is 0 Å². The van der Waals surface area contributed by atoms with Crippen molar-refractivity contribution in [1.29, 1.82) is 0 Å². The van der Waals surface area contributed by atoms with Crippen LogP contribution in [0.1, 0.15) is 23.3 Å². The minimum absolute atomic E-state index is 0.521. The lowest BCUT2D eigenvalue weighted by Crippen LogP contribution is -2.25. The van der Waals surface area contributed by atoms with Crippen molar-refractivity contribution in [2.45, 2.75) is 19.6 Å². The molecule has 5 nitrogen and oxygen atoms in total. The summed E-state index contributed by atoms with van der Waals surface area (Å²) in [5.74, 6) is 1.76. The van der Waals surface area contributed by atoms with Crippen molar-refractivity contribution >= 4 is 11.6 Å². The first-order valence-electron chi connectivity index (χ1n) is 6.44. The molecule has 1 atom stereocenters. The van der Waals surface area contributed by atoms with Gasteiger partial charge in [0, 0.05) is 18.6 Å². The van der Waals surface area contributed by atoms with Gasteiger partial charge in [0.05, 0.1) is 12.6 Å². The summed E-state index contributed by atoms with van der Waals surface area (Å²) in [5.41, 5.74) is 0.857. The Morgan fingerprint density at radius 1 is 1.30 bits per heavy atom. The maximum atomic E-state index is 10.2. The van der Waals surface area contributed by atoms with E-state index in [-0.39, 0.29) is 0 Å². The predicted octanol–water partition coefficient (Wildman–Crippen LogP) is 1.94. The molecular weight excluding hydrogens is 276 g/mol. The Kier molecular flexibility index (Phi) is 4.75. The third-order valence-corrected chi connectivity index (χ3v) is 3.59. The highest BCUT2D eigenvalue weighted by atomic mass is 35.5. The van der Waals surface area contributed by atoms with Gasteiger partial charge in [-0.15, -0.1) is 10.2 Å². The summed E-state index contributed by atoms with van der Waals surface area (Å²) < 4.78 is 1.95. The molecule has 0 bridgehead atoms. The van der Waals surface area contributed by atoms with Crippen LogP contribution in [0.25, 0.3) is 0 Å². The number of aliphatic hydroxyl groups excluding tert-OH is 1. The number of halogens is 1. The molecular formula is C14H19ClN4O. The molecule has 1 heterocycles. The summed E-state index contributed by atoms with van der Waals surface area (Å²) in [6.07, 6.45) is -0.549. The molecule has 1 aromatic heterocycles. The highest BCUT2D eigenvalue weighted by molar-refractivity contribution is 6.30. The number of aliphatic hydroxyl groups is 1. The standard InChI is InChI=1S/C14H19ClN4O/c1-10-16-17-14(19(10)3)9-18(2)8-13(20)11-4-6-12(15)7-5-11/h4-7,13,20H,8-9H2,1-3H3. The Balaban J connectivity index is 1.95. The molecule has 0 aliphatic heterocycles. The molecule has 0 saturated heterocycles. The largest absolute Gasteiger partial charge is 0.387 e. The van der Waals surface area contributed by atoms with Crippen molar-refractivity contribution in [3.05, 3.63) is 46.5 Å². The Bertz CT molecular complexity index is 567. The van der Waals surface area contributed by atoms with Crippen molar-refractivity contribution in [2.24, 2.45) is 7.05 Å². The zero-order chi connectivity index (χ0) is 14.7. The monoisotopic (exact) mass is 294 g/mol. The van der Waals surface area contributed by atoms with Gasteiger partial charge in [0.25, 0.3) is 0 Å². The molecule has 2 rings (SSSR count). The van der Waals surface area contributed by atoms with Gasteiger partial charge in [-0.25, -0.2) is 0 Å². The van der Waals surface area contributed by atoms with Crippen LogP contribution in [0, 0.1) is 6.92 Å². The van der Waals surface area contributed by atoms with Gasteiger partial charge in [-0.05, 0) is 31.7 Å². The predicted molar refractivity (Wildman–Crippen MR) is 78.5 cm³/mol. The van der Waals surface area contributed by atoms with E-state index in [4.69, 9.17) is 11.6 Å². The van der Waals surface area contributed by atoms with Crippen molar-refractivity contribution in [3.8, 4) is 0 Å². The van der Waals surface area contributed by atoms with Crippen molar-refractivity contribution in [1.82, 2.24) is 19.7 Å². The van der Waals surface area contributed by atoms with Crippen molar-refractivity contribution in [2.75, 3.05) is 13.6 Å². The van der Waals surface area contributed by atoms with Crippen LogP contribution in [0.3, 0.4) is 0 Å². The first-order valence-corrected chi connectivity index (χ1v) is 6.82. The van der Waals surface area contributed by atoms with Crippen molar-refractivity contribution < 1.29 is 5.11 Å². The SMILES string of the molecule is Cc1nnc(CN(C)CC(O)c2ccc(Cl)cc2)n1C. The van der Waals surface area contributed by atoms with Crippen LogP contribution in [-0.4, -0.2) is 38.4 Å². The smallest absolute Gasteiger partial charge is 0.146 e. The first-order chi connectivity index (χ1) is 9.47. The van der Waals surface area contributed by atoms with Gasteiger partial charge in [-0.1, -0.05) is 23.7 Å². The van der Waals surface area contributed by atoms with E-state index < -0.39 is 6.10 Å². The Hall–Kier alpha value is -1.43. The average molecular weight is 295 g/mol. The van der Waals surface area contributed by atoms with Gasteiger partial charge < -0.3 is 9.67 Å². The summed E-state index contributed by atoms with van der Waals surface area (Å²) in [6, 6.07) is 7.25. The normalized spacial score (nSPS) is 12.9. The second kappa shape index (κ2) is 6.35. The molecule has 6 heteroatoms. The number of hydrogen-bond donors (Lipinski definition) is 1. The molecule has 0 radical (unpaired) electrons. The molecule has 0 spiro atoms. The number of aryl methyl sites for hydroxylation is 1. The summed E-state index contributed by atoms with van der Waals surface area (Å²) in [6.45, 7) is 3.08. The lowest BCUT2D eigenvalue weighted by Gasteiger charge is -2.20. The van der Waals surface area contributed by atoms with E-state index in [9.17, 15) is 5.11 Å². The summed E-state index contributed by atoms with van der Waals surface area (Å²) in [7, 11) is 3.89. The molecule has 20 heavy (non-hydrogen) atoms. The van der Waals surface area contributed by atoms with Crippen LogP contribution in [-0.2, 0) is 13.6 Å². The molecule has 0 amide bonds. The van der Waals surface area contributed by atoms with E-state index in [0.29, 0.717) is 18.1 Å². The summed E-state index contributed by atoms with van der Waals surface area (Å²) in [5, 5.41) is 19.0. The first kappa shape index (κ1) is 15.0. The number of likely N-dealkylation sites (N-methyl/N-ethyl adjacent to an activating group) is 1. The van der Waals surface area contributed by atoms with Crippen LogP contribution in [0.15, 0.2) is 24.3 Å². The van der Waals surface area contributed by atoms with E-state index in [1.54, 1.807) is 12.1 Å². The van der Waals surface area contributed by atoms with E-state index in [2.05, 4.69) is 10.2 Å². The molecule has 0 saturated carbocycles. The lowest BCUT2D eigenvalue weighted by atomic mass is 10.1. The fraction of sp³-hybridized carbons (Fsp3) is 0.429. The van der Waals surface area contributed by atoms with Crippen LogP contribution >= 0.6 is 11.6 Å². The molecule has 2 aromatic rings. The molecule has 1 N–H and O–H groups in total. The number of hydrogen-bond acceptors (Lipinski definition) is 4. The maximum Gasteiger partial charge on any atom is 0.146 e. The van der Waals surface area contributed by atoms with Crippen LogP contribution < -0.4 is 0 Å². The number of benzene rings is 1. The molecule has 0 aliphatic carbocycles. The van der Waals surface area contributed by atoms with E-state index in [0.717, 1.165) is 17.2 Å². The highest BCUT2D eigenvalue weighted by Crippen LogP contribution is 2.17. The van der Waals surface area contributed by atoms with Gasteiger partial charge in [0.15, 0.2) is 0 Å². The van der Waals surface area contributed by atoms with Gasteiger partial charge in [0.2, 0.25) is 0 Å². The third-order valence-electron chi connectivity index (χ3n) is 3.33. The average Bonchev–Trinajstić information content (AvgIpc) is 2.71. The molecule has 1 unspecified atom stereocenters. The zero-order valence-corrected chi connectivity index (χ0v) is 12.7. The number of nitrogens with zero attached hydrogens (tertiary/aromatic N) is 4. The van der Waals surface area contributed by atoms with Crippen LogP contribution in [0.2, 0.25) is 5.02 Å². The van der Waals surface area contributed by atoms with E-state index in [1.807, 2.05) is 42.6 Å². The molecule has 1 aromatic carbocycles. The fourth-order valence-corrected chi connectivity index (χ4v) is 2.11. The number of rotatable bonds is 5. The second-order valence-corrected chi connectivity index (χ2v) is 5.42. The highest BCUT2D eigenvalue weighted by Gasteiger charge is 2.13.